The molecule has 1 aliphatic carbocycles. The molecule has 0 bridgehead atoms. The Labute approximate surface area is 195 Å². The molecule has 2 aromatic carbocycles. The van der Waals surface area contributed by atoms with Crippen molar-refractivity contribution < 1.29 is 14.0 Å². The second-order valence-corrected chi connectivity index (χ2v) is 8.61. The zero-order valence-electron chi connectivity index (χ0n) is 18.2. The Bertz CT molecular complexity index is 1430. The van der Waals surface area contributed by atoms with Gasteiger partial charge in [0, 0.05) is 28.7 Å². The number of hydrogen-bond acceptors (Lipinski definition) is 4. The normalized spacial score (nSPS) is 14.9. The maximum Gasteiger partial charge on any atom is 0.268 e. The average molecular weight is 455 g/mol. The topological polar surface area (TPSA) is 111 Å². The lowest BCUT2D eigenvalue weighted by molar-refractivity contribution is -0.123. The highest BCUT2D eigenvalue weighted by Crippen LogP contribution is 2.34. The van der Waals surface area contributed by atoms with E-state index < -0.39 is 29.7 Å². The van der Waals surface area contributed by atoms with Crippen LogP contribution in [0.4, 0.5) is 4.39 Å². The molecule has 0 spiro atoms. The zero-order valence-corrected chi connectivity index (χ0v) is 18.2. The number of nitriles is 1. The number of benzene rings is 2. The molecule has 1 saturated carbocycles. The summed E-state index contributed by atoms with van der Waals surface area (Å²) in [6.45, 7) is 0. The summed E-state index contributed by atoms with van der Waals surface area (Å²) >= 11 is 0. The first-order valence-electron chi connectivity index (χ1n) is 11.1. The van der Waals surface area contributed by atoms with Gasteiger partial charge in [0.05, 0.1) is 11.6 Å². The van der Waals surface area contributed by atoms with Crippen LogP contribution in [0.5, 0.6) is 0 Å². The van der Waals surface area contributed by atoms with Crippen LogP contribution in [0.25, 0.3) is 21.7 Å². The van der Waals surface area contributed by atoms with Crippen LogP contribution in [0, 0.1) is 23.1 Å². The predicted octanol–water partition coefficient (Wildman–Crippen LogP) is 4.13. The summed E-state index contributed by atoms with van der Waals surface area (Å²) in [6.07, 6.45) is 5.73. The standard InChI is InChI=1S/C26H22FN5O2/c27-20-7-3-5-16-11-22(30-24(16)20)26(34)31-21(10-15-8-9-15)25(33)32-23(12-28)19-14-29-13-17-4-1-2-6-18(17)19/h1-7,11,13-15,21,23,30H,8-10H2,(H,31,34)(H,32,33)/t21-,23?/m0/s1. The summed E-state index contributed by atoms with van der Waals surface area (Å²) in [4.78, 5) is 33.1. The van der Waals surface area contributed by atoms with Gasteiger partial charge < -0.3 is 15.6 Å². The number of fused-ring (bicyclic) bond motifs is 2. The molecule has 5 rings (SSSR count). The molecule has 2 aromatic heterocycles. The molecule has 34 heavy (non-hydrogen) atoms. The highest BCUT2D eigenvalue weighted by molar-refractivity contribution is 6.00. The van der Waals surface area contributed by atoms with Crippen LogP contribution in [0.15, 0.2) is 60.9 Å². The van der Waals surface area contributed by atoms with Gasteiger partial charge in [0.2, 0.25) is 5.91 Å². The van der Waals surface area contributed by atoms with E-state index >= 15 is 0 Å². The number of halogens is 1. The SMILES string of the molecule is N#CC(NC(=O)[C@H](CC1CC1)NC(=O)c1cc2cccc(F)c2[nH]1)c1cncc2ccccc12. The maximum atomic E-state index is 14.0. The molecule has 2 amide bonds. The van der Waals surface area contributed by atoms with Crippen molar-refractivity contribution in [2.24, 2.45) is 5.92 Å². The molecule has 0 aliphatic heterocycles. The second-order valence-electron chi connectivity index (χ2n) is 8.61. The van der Waals surface area contributed by atoms with Crippen molar-refractivity contribution in [3.8, 4) is 6.07 Å². The minimum absolute atomic E-state index is 0.170. The van der Waals surface area contributed by atoms with Crippen LogP contribution in [0.2, 0.25) is 0 Å². The molecule has 1 aliphatic rings. The summed E-state index contributed by atoms with van der Waals surface area (Å²) in [6, 6.07) is 14.0. The van der Waals surface area contributed by atoms with E-state index in [1.165, 1.54) is 6.07 Å². The minimum atomic E-state index is -0.924. The molecule has 170 valence electrons. The smallest absolute Gasteiger partial charge is 0.268 e. The molecular formula is C26H22FN5O2. The van der Waals surface area contributed by atoms with Gasteiger partial charge >= 0.3 is 0 Å². The third-order valence-electron chi connectivity index (χ3n) is 6.16. The number of carbonyl (C=O) groups excluding carboxylic acids is 2. The first kappa shape index (κ1) is 21.6. The number of nitrogens with one attached hydrogen (secondary N) is 3. The predicted molar refractivity (Wildman–Crippen MR) is 125 cm³/mol. The summed E-state index contributed by atoms with van der Waals surface area (Å²) < 4.78 is 14.0. The van der Waals surface area contributed by atoms with Crippen molar-refractivity contribution in [3.63, 3.8) is 0 Å². The summed E-state index contributed by atoms with van der Waals surface area (Å²) in [5.41, 5.74) is 1.00. The Kier molecular flexibility index (Phi) is 5.68. The van der Waals surface area contributed by atoms with Crippen molar-refractivity contribution in [2.45, 2.75) is 31.3 Å². The first-order valence-corrected chi connectivity index (χ1v) is 11.1. The summed E-state index contributed by atoms with van der Waals surface area (Å²) in [7, 11) is 0. The van der Waals surface area contributed by atoms with Crippen molar-refractivity contribution in [3.05, 3.63) is 78.0 Å². The highest BCUT2D eigenvalue weighted by atomic mass is 19.1. The Morgan fingerprint density at radius 3 is 2.68 bits per heavy atom. The fourth-order valence-corrected chi connectivity index (χ4v) is 4.19. The van der Waals surface area contributed by atoms with Gasteiger partial charge in [-0.1, -0.05) is 49.2 Å². The molecule has 3 N–H and O–H groups in total. The Balaban J connectivity index is 1.37. The lowest BCUT2D eigenvalue weighted by Crippen LogP contribution is -2.48. The molecule has 2 atom stereocenters. The lowest BCUT2D eigenvalue weighted by Gasteiger charge is -2.21. The Morgan fingerprint density at radius 2 is 1.91 bits per heavy atom. The van der Waals surface area contributed by atoms with Crippen LogP contribution < -0.4 is 10.6 Å². The molecule has 7 nitrogen and oxygen atoms in total. The summed E-state index contributed by atoms with van der Waals surface area (Å²) in [5.74, 6) is -1.06. The molecule has 2 heterocycles. The number of pyridine rings is 1. The summed E-state index contributed by atoms with van der Waals surface area (Å²) in [5, 5.41) is 17.6. The van der Waals surface area contributed by atoms with Crippen molar-refractivity contribution in [2.75, 3.05) is 0 Å². The van der Waals surface area contributed by atoms with E-state index in [9.17, 15) is 19.2 Å². The molecule has 0 radical (unpaired) electrons. The third kappa shape index (κ3) is 4.33. The van der Waals surface area contributed by atoms with Gasteiger partial charge in [-0.3, -0.25) is 14.6 Å². The van der Waals surface area contributed by atoms with Gasteiger partial charge in [0.1, 0.15) is 23.6 Å². The van der Waals surface area contributed by atoms with Crippen LogP contribution >= 0.6 is 0 Å². The van der Waals surface area contributed by atoms with E-state index in [4.69, 9.17) is 0 Å². The number of hydrogen-bond donors (Lipinski definition) is 3. The van der Waals surface area contributed by atoms with Gasteiger partial charge in [0.15, 0.2) is 0 Å². The Morgan fingerprint density at radius 1 is 1.12 bits per heavy atom. The van der Waals surface area contributed by atoms with E-state index in [0.29, 0.717) is 23.3 Å². The number of nitrogens with zero attached hydrogens (tertiary/aromatic N) is 2. The van der Waals surface area contributed by atoms with Crippen molar-refractivity contribution >= 4 is 33.5 Å². The van der Waals surface area contributed by atoms with Gasteiger partial charge in [-0.2, -0.15) is 5.26 Å². The number of para-hydroxylation sites is 1. The lowest BCUT2D eigenvalue weighted by atomic mass is 10.0. The monoisotopic (exact) mass is 455 g/mol. The number of aromatic nitrogens is 2. The third-order valence-corrected chi connectivity index (χ3v) is 6.16. The minimum Gasteiger partial charge on any atom is -0.348 e. The largest absolute Gasteiger partial charge is 0.348 e. The Hall–Kier alpha value is -4.25. The van der Waals surface area contributed by atoms with Crippen LogP contribution in [0.1, 0.15) is 41.4 Å². The number of aromatic amines is 1. The number of carbonyl (C=O) groups is 2. The van der Waals surface area contributed by atoms with Crippen LogP contribution in [-0.2, 0) is 4.79 Å². The van der Waals surface area contributed by atoms with E-state index in [-0.39, 0.29) is 11.2 Å². The van der Waals surface area contributed by atoms with Gasteiger partial charge in [-0.05, 0) is 29.9 Å². The number of rotatable bonds is 7. The molecule has 1 fully saturated rings. The van der Waals surface area contributed by atoms with Crippen LogP contribution in [0.3, 0.4) is 0 Å². The number of H-pyrrole nitrogens is 1. The van der Waals surface area contributed by atoms with E-state index in [0.717, 1.165) is 23.6 Å². The van der Waals surface area contributed by atoms with E-state index in [2.05, 4.69) is 26.7 Å². The fraction of sp³-hybridized carbons (Fsp3) is 0.231. The average Bonchev–Trinajstić information content (AvgIpc) is 3.56. The van der Waals surface area contributed by atoms with E-state index in [1.807, 2.05) is 24.3 Å². The van der Waals surface area contributed by atoms with E-state index in [1.54, 1.807) is 30.6 Å². The quantitative estimate of drug-likeness (QED) is 0.389. The van der Waals surface area contributed by atoms with Crippen LogP contribution in [-0.4, -0.2) is 27.8 Å². The first-order chi connectivity index (χ1) is 16.5. The van der Waals surface area contributed by atoms with Gasteiger partial charge in [-0.25, -0.2) is 4.39 Å². The molecule has 0 saturated heterocycles. The highest BCUT2D eigenvalue weighted by Gasteiger charge is 2.32. The molecular weight excluding hydrogens is 433 g/mol. The number of amides is 2. The fourth-order valence-electron chi connectivity index (χ4n) is 4.19. The molecule has 8 heteroatoms. The zero-order chi connectivity index (χ0) is 23.7. The second kappa shape index (κ2) is 8.94. The van der Waals surface area contributed by atoms with Crippen molar-refractivity contribution in [1.29, 1.82) is 5.26 Å². The molecule has 1 unspecified atom stereocenters. The maximum absolute atomic E-state index is 14.0. The molecule has 4 aromatic rings. The van der Waals surface area contributed by atoms with Crippen molar-refractivity contribution in [1.82, 2.24) is 20.6 Å². The van der Waals surface area contributed by atoms with Gasteiger partial charge in [-0.15, -0.1) is 0 Å². The van der Waals surface area contributed by atoms with Gasteiger partial charge in [0.25, 0.3) is 5.91 Å².